The summed E-state index contributed by atoms with van der Waals surface area (Å²) in [6.45, 7) is 4.04. The van der Waals surface area contributed by atoms with Crippen molar-refractivity contribution in [1.29, 1.82) is 0 Å². The van der Waals surface area contributed by atoms with Gasteiger partial charge in [-0.2, -0.15) is 0 Å². The molecule has 23 heavy (non-hydrogen) atoms. The molecule has 1 aliphatic heterocycles. The number of imide groups is 1. The number of anilines is 1. The topological polar surface area (TPSA) is 46.6 Å². The van der Waals surface area contributed by atoms with Crippen molar-refractivity contribution in [2.24, 2.45) is 5.92 Å². The van der Waals surface area contributed by atoms with Crippen LogP contribution in [0.15, 0.2) is 23.3 Å². The fourth-order valence-electron chi connectivity index (χ4n) is 3.25. The molecule has 2 amide bonds. The van der Waals surface area contributed by atoms with Crippen molar-refractivity contribution >= 4 is 29.1 Å². The monoisotopic (exact) mass is 337 g/mol. The van der Waals surface area contributed by atoms with Crippen LogP contribution >= 0.6 is 11.6 Å². The molecule has 1 atom stereocenters. The first-order chi connectivity index (χ1) is 11.0. The molecule has 6 heteroatoms. The Morgan fingerprint density at radius 1 is 1.35 bits per heavy atom. The van der Waals surface area contributed by atoms with Gasteiger partial charge in [0.1, 0.15) is 11.6 Å². The average molecular weight is 338 g/mol. The first-order valence-electron chi connectivity index (χ1n) is 7.69. The van der Waals surface area contributed by atoms with Crippen LogP contribution in [-0.4, -0.2) is 18.4 Å². The molecule has 0 aromatic heterocycles. The Hall–Kier alpha value is -1.88. The first-order valence-corrected chi connectivity index (χ1v) is 8.07. The molecule has 1 aliphatic carbocycles. The largest absolute Gasteiger partial charge is 0.492 e. The van der Waals surface area contributed by atoms with Crippen LogP contribution in [-0.2, 0) is 9.59 Å². The summed E-state index contributed by atoms with van der Waals surface area (Å²) < 4.78 is 19.7. The summed E-state index contributed by atoms with van der Waals surface area (Å²) in [6, 6.07) is 2.39. The van der Waals surface area contributed by atoms with E-state index in [1.165, 1.54) is 6.07 Å². The Bertz CT molecular complexity index is 729. The Labute approximate surface area is 138 Å². The lowest BCUT2D eigenvalue weighted by atomic mass is 9.85. The number of ether oxygens (including phenoxy) is 1. The molecule has 122 valence electrons. The number of amides is 2. The third-order valence-corrected chi connectivity index (χ3v) is 4.61. The lowest BCUT2D eigenvalue weighted by Gasteiger charge is -2.19. The fraction of sp³-hybridized carbons (Fsp3) is 0.412. The van der Waals surface area contributed by atoms with Crippen LogP contribution in [0, 0.1) is 11.7 Å². The minimum Gasteiger partial charge on any atom is -0.492 e. The van der Waals surface area contributed by atoms with Gasteiger partial charge >= 0.3 is 0 Å². The molecule has 0 spiro atoms. The number of rotatable bonds is 3. The van der Waals surface area contributed by atoms with E-state index in [0.717, 1.165) is 23.8 Å². The van der Waals surface area contributed by atoms with E-state index >= 15 is 0 Å². The third-order valence-electron chi connectivity index (χ3n) is 4.32. The summed E-state index contributed by atoms with van der Waals surface area (Å²) in [7, 11) is 0. The van der Waals surface area contributed by atoms with Crippen LogP contribution in [0.3, 0.4) is 0 Å². The van der Waals surface area contributed by atoms with Gasteiger partial charge in [0.25, 0.3) is 11.8 Å². The molecule has 3 rings (SSSR count). The molecule has 0 saturated carbocycles. The zero-order valence-corrected chi connectivity index (χ0v) is 13.7. The highest BCUT2D eigenvalue weighted by Crippen LogP contribution is 2.41. The Balaban J connectivity index is 2.05. The minimum atomic E-state index is -0.715. The number of carbonyl (C=O) groups is 2. The van der Waals surface area contributed by atoms with Gasteiger partial charge in [-0.1, -0.05) is 18.5 Å². The number of nitrogens with zero attached hydrogens (tertiary/aromatic N) is 1. The van der Waals surface area contributed by atoms with Crippen LogP contribution < -0.4 is 9.64 Å². The highest BCUT2D eigenvalue weighted by molar-refractivity contribution is 6.34. The van der Waals surface area contributed by atoms with E-state index in [9.17, 15) is 14.0 Å². The summed E-state index contributed by atoms with van der Waals surface area (Å²) >= 11 is 5.94. The van der Waals surface area contributed by atoms with Crippen LogP contribution in [0.1, 0.15) is 33.1 Å². The zero-order chi connectivity index (χ0) is 16.7. The second kappa shape index (κ2) is 5.96. The predicted octanol–water partition coefficient (Wildman–Crippen LogP) is 3.87. The molecule has 4 nitrogen and oxygen atoms in total. The fourth-order valence-corrected chi connectivity index (χ4v) is 3.45. The summed E-state index contributed by atoms with van der Waals surface area (Å²) in [5.74, 6) is -1.31. The van der Waals surface area contributed by atoms with Gasteiger partial charge in [0.15, 0.2) is 0 Å². The van der Waals surface area contributed by atoms with Crippen molar-refractivity contribution in [2.75, 3.05) is 11.5 Å². The van der Waals surface area contributed by atoms with E-state index in [1.54, 1.807) is 6.92 Å². The molecule has 1 heterocycles. The SMILES string of the molecule is CCOc1cc(N2C(=O)C3=C(C2=O)C(C)CCC3)c(F)cc1Cl. The summed E-state index contributed by atoms with van der Waals surface area (Å²) in [5.41, 5.74) is 0.934. The second-order valence-electron chi connectivity index (χ2n) is 5.80. The molecule has 1 unspecified atom stereocenters. The van der Waals surface area contributed by atoms with E-state index in [1.807, 2.05) is 6.92 Å². The molecule has 2 aliphatic rings. The number of hydrogen-bond donors (Lipinski definition) is 0. The van der Waals surface area contributed by atoms with E-state index in [4.69, 9.17) is 16.3 Å². The van der Waals surface area contributed by atoms with Crippen LogP contribution in [0.4, 0.5) is 10.1 Å². The highest BCUT2D eigenvalue weighted by atomic mass is 35.5. The molecular formula is C17H17ClFNO3. The van der Waals surface area contributed by atoms with Crippen molar-refractivity contribution in [3.63, 3.8) is 0 Å². The van der Waals surface area contributed by atoms with Gasteiger partial charge in [0, 0.05) is 17.2 Å². The van der Waals surface area contributed by atoms with Gasteiger partial charge in [0.2, 0.25) is 0 Å². The lowest BCUT2D eigenvalue weighted by Crippen LogP contribution is -2.32. The highest BCUT2D eigenvalue weighted by Gasteiger charge is 2.43. The molecule has 0 saturated heterocycles. The van der Waals surface area contributed by atoms with Crippen molar-refractivity contribution in [3.05, 3.63) is 34.1 Å². The molecule has 0 N–H and O–H groups in total. The standard InChI is InChI=1S/C17H17ClFNO3/c1-3-23-14-8-13(12(19)7-11(14)18)20-16(21)10-6-4-5-9(2)15(10)17(20)22/h7-9H,3-6H2,1-2H3. The van der Waals surface area contributed by atoms with Crippen LogP contribution in [0.2, 0.25) is 5.02 Å². The molecule has 0 fully saturated rings. The third kappa shape index (κ3) is 2.53. The van der Waals surface area contributed by atoms with Gasteiger partial charge in [0.05, 0.1) is 17.3 Å². The normalized spacial score (nSPS) is 21.0. The van der Waals surface area contributed by atoms with Gasteiger partial charge in [-0.3, -0.25) is 9.59 Å². The molecule has 1 aromatic carbocycles. The maximum atomic E-state index is 14.3. The van der Waals surface area contributed by atoms with E-state index < -0.39 is 17.6 Å². The summed E-state index contributed by atoms with van der Waals surface area (Å²) in [5, 5.41) is 0.110. The van der Waals surface area contributed by atoms with Gasteiger partial charge < -0.3 is 4.74 Å². The number of hydrogen-bond acceptors (Lipinski definition) is 3. The van der Waals surface area contributed by atoms with Gasteiger partial charge in [-0.15, -0.1) is 0 Å². The first kappa shape index (κ1) is 16.0. The van der Waals surface area contributed by atoms with Crippen molar-refractivity contribution in [1.82, 2.24) is 0 Å². The molecule has 1 aromatic rings. The molecule has 0 bridgehead atoms. The van der Waals surface area contributed by atoms with Crippen molar-refractivity contribution in [2.45, 2.75) is 33.1 Å². The van der Waals surface area contributed by atoms with Gasteiger partial charge in [-0.25, -0.2) is 9.29 Å². The van der Waals surface area contributed by atoms with Crippen LogP contribution in [0.5, 0.6) is 5.75 Å². The Morgan fingerprint density at radius 3 is 2.74 bits per heavy atom. The summed E-state index contributed by atoms with van der Waals surface area (Å²) in [6.07, 6.45) is 2.29. The van der Waals surface area contributed by atoms with Crippen molar-refractivity contribution < 1.29 is 18.7 Å². The predicted molar refractivity (Wildman–Crippen MR) is 85.1 cm³/mol. The van der Waals surface area contributed by atoms with Crippen LogP contribution in [0.25, 0.3) is 0 Å². The maximum absolute atomic E-state index is 14.3. The van der Waals surface area contributed by atoms with E-state index in [2.05, 4.69) is 0 Å². The lowest BCUT2D eigenvalue weighted by molar-refractivity contribution is -0.120. The Morgan fingerprint density at radius 2 is 2.09 bits per heavy atom. The van der Waals surface area contributed by atoms with Gasteiger partial charge in [-0.05, 0) is 38.2 Å². The number of halogens is 2. The second-order valence-corrected chi connectivity index (χ2v) is 6.21. The van der Waals surface area contributed by atoms with E-state index in [0.29, 0.717) is 24.2 Å². The minimum absolute atomic E-state index is 0.0157. The zero-order valence-electron chi connectivity index (χ0n) is 13.0. The smallest absolute Gasteiger partial charge is 0.262 e. The maximum Gasteiger partial charge on any atom is 0.262 e. The Kier molecular flexibility index (Phi) is 4.15. The quantitative estimate of drug-likeness (QED) is 0.787. The van der Waals surface area contributed by atoms with Crippen molar-refractivity contribution in [3.8, 4) is 5.75 Å². The average Bonchev–Trinajstić information content (AvgIpc) is 2.75. The summed E-state index contributed by atoms with van der Waals surface area (Å²) in [4.78, 5) is 26.2. The van der Waals surface area contributed by atoms with E-state index in [-0.39, 0.29) is 22.4 Å². The number of benzene rings is 1. The molecule has 0 radical (unpaired) electrons. The molecular weight excluding hydrogens is 321 g/mol. The number of carbonyl (C=O) groups excluding carboxylic acids is 2.